The molecule has 1 aliphatic heterocycles. The third-order valence-corrected chi connectivity index (χ3v) is 2.76. The molecule has 1 amide bonds. The molecular weight excluding hydrogens is 230 g/mol. The molecule has 1 aromatic rings. The number of carbonyl (C=O) groups is 1. The van der Waals surface area contributed by atoms with E-state index in [1.165, 1.54) is 0 Å². The second-order valence-corrected chi connectivity index (χ2v) is 4.44. The average molecular weight is 240 g/mol. The Morgan fingerprint density at radius 3 is 2.54 bits per heavy atom. The van der Waals surface area contributed by atoms with Gasteiger partial charge in [-0.05, 0) is 12.1 Å². The summed E-state index contributed by atoms with van der Waals surface area (Å²) in [6.45, 7) is 0.781. The van der Waals surface area contributed by atoms with E-state index in [2.05, 4.69) is 15.9 Å². The Balaban J connectivity index is 2.23. The van der Waals surface area contributed by atoms with E-state index in [0.717, 1.165) is 12.2 Å². The molecule has 0 N–H and O–H groups in total. The lowest BCUT2D eigenvalue weighted by molar-refractivity contribution is -0.117. The lowest BCUT2D eigenvalue weighted by Gasteiger charge is -2.15. The molecule has 0 aromatic heterocycles. The van der Waals surface area contributed by atoms with Crippen molar-refractivity contribution in [2.45, 2.75) is 11.2 Å². The lowest BCUT2D eigenvalue weighted by Crippen LogP contribution is -2.24. The van der Waals surface area contributed by atoms with Crippen LogP contribution < -0.4 is 4.90 Å². The smallest absolute Gasteiger partial charge is 0.228 e. The molecule has 1 saturated heterocycles. The zero-order valence-electron chi connectivity index (χ0n) is 7.11. The molecule has 1 aliphatic rings. The van der Waals surface area contributed by atoms with Gasteiger partial charge in [0.1, 0.15) is 0 Å². The Kier molecular flexibility index (Phi) is 2.36. The molecule has 2 rings (SSSR count). The first-order valence-electron chi connectivity index (χ1n) is 4.27. The van der Waals surface area contributed by atoms with E-state index in [4.69, 9.17) is 0 Å². The molecule has 13 heavy (non-hydrogen) atoms. The number of halogens is 1. The number of nitrogens with zero attached hydrogens (tertiary/aromatic N) is 1. The quantitative estimate of drug-likeness (QED) is 0.689. The Morgan fingerprint density at radius 1 is 1.31 bits per heavy atom. The van der Waals surface area contributed by atoms with Crippen molar-refractivity contribution in [3.8, 4) is 0 Å². The Hall–Kier alpha value is -0.830. The van der Waals surface area contributed by atoms with Gasteiger partial charge in [-0.3, -0.25) is 4.79 Å². The first kappa shape index (κ1) is 8.75. The maximum absolute atomic E-state index is 11.5. The fraction of sp³-hybridized carbons (Fsp3) is 0.300. The van der Waals surface area contributed by atoms with Crippen LogP contribution in [0.15, 0.2) is 30.3 Å². The highest BCUT2D eigenvalue weighted by Gasteiger charge is 2.28. The summed E-state index contributed by atoms with van der Waals surface area (Å²) in [4.78, 5) is 13.6. The summed E-state index contributed by atoms with van der Waals surface area (Å²) in [6, 6.07) is 9.77. The van der Waals surface area contributed by atoms with E-state index in [-0.39, 0.29) is 5.91 Å². The summed E-state index contributed by atoms with van der Waals surface area (Å²) in [6.07, 6.45) is 0.606. The van der Waals surface area contributed by atoms with Gasteiger partial charge in [0.25, 0.3) is 0 Å². The van der Waals surface area contributed by atoms with Crippen molar-refractivity contribution < 1.29 is 4.79 Å². The van der Waals surface area contributed by atoms with E-state index in [9.17, 15) is 4.79 Å². The minimum atomic E-state index is 0.202. The number of hydrogen-bond acceptors (Lipinski definition) is 1. The predicted molar refractivity (Wildman–Crippen MR) is 56.1 cm³/mol. The zero-order chi connectivity index (χ0) is 9.26. The second-order valence-electron chi connectivity index (χ2n) is 3.14. The van der Waals surface area contributed by atoms with Crippen LogP contribution in [0, 0.1) is 0 Å². The first-order chi connectivity index (χ1) is 6.27. The fourth-order valence-electron chi connectivity index (χ4n) is 1.52. The summed E-state index contributed by atoms with van der Waals surface area (Å²) in [7, 11) is 0. The summed E-state index contributed by atoms with van der Waals surface area (Å²) >= 11 is 3.45. The molecule has 0 aliphatic carbocycles. The van der Waals surface area contributed by atoms with Crippen LogP contribution in [0.3, 0.4) is 0 Å². The number of rotatable bonds is 1. The molecule has 1 aromatic carbocycles. The number of anilines is 1. The van der Waals surface area contributed by atoms with Crippen molar-refractivity contribution in [1.82, 2.24) is 0 Å². The van der Waals surface area contributed by atoms with E-state index in [1.54, 1.807) is 0 Å². The zero-order valence-corrected chi connectivity index (χ0v) is 8.70. The summed E-state index contributed by atoms with van der Waals surface area (Å²) < 4.78 is 0. The van der Waals surface area contributed by atoms with Crippen molar-refractivity contribution in [2.24, 2.45) is 0 Å². The fourth-order valence-corrected chi connectivity index (χ4v) is 2.09. The van der Waals surface area contributed by atoms with Crippen molar-refractivity contribution in [2.75, 3.05) is 11.4 Å². The van der Waals surface area contributed by atoms with Crippen LogP contribution in [-0.2, 0) is 4.79 Å². The SMILES string of the molecule is O=C1CC(Br)CN1c1ccccc1. The molecule has 1 fully saturated rings. The summed E-state index contributed by atoms with van der Waals surface area (Å²) in [5.74, 6) is 0.202. The van der Waals surface area contributed by atoms with Gasteiger partial charge < -0.3 is 4.90 Å². The van der Waals surface area contributed by atoms with Gasteiger partial charge in [0.15, 0.2) is 0 Å². The van der Waals surface area contributed by atoms with Crippen LogP contribution in [0.25, 0.3) is 0 Å². The van der Waals surface area contributed by atoms with Gasteiger partial charge in [0, 0.05) is 23.5 Å². The molecule has 0 saturated carbocycles. The maximum atomic E-state index is 11.5. The van der Waals surface area contributed by atoms with E-state index < -0.39 is 0 Å². The molecule has 0 bridgehead atoms. The largest absolute Gasteiger partial charge is 0.311 e. The normalized spacial score (nSPS) is 22.4. The van der Waals surface area contributed by atoms with Gasteiger partial charge in [0.2, 0.25) is 5.91 Å². The number of carbonyl (C=O) groups excluding carboxylic acids is 1. The number of alkyl halides is 1. The second kappa shape index (κ2) is 3.50. The molecule has 0 spiro atoms. The van der Waals surface area contributed by atoms with Gasteiger partial charge in [-0.15, -0.1) is 0 Å². The standard InChI is InChI=1S/C10H10BrNO/c11-8-6-10(13)12(7-8)9-4-2-1-3-5-9/h1-5,8H,6-7H2. The predicted octanol–water partition coefficient (Wildman–Crippen LogP) is 2.19. The molecule has 3 heteroatoms. The molecule has 68 valence electrons. The topological polar surface area (TPSA) is 20.3 Å². The van der Waals surface area contributed by atoms with Crippen molar-refractivity contribution in [3.63, 3.8) is 0 Å². The van der Waals surface area contributed by atoms with Crippen LogP contribution in [0.5, 0.6) is 0 Å². The lowest BCUT2D eigenvalue weighted by atomic mass is 10.3. The average Bonchev–Trinajstić information content (AvgIpc) is 2.47. The van der Waals surface area contributed by atoms with Crippen LogP contribution in [0.4, 0.5) is 5.69 Å². The highest BCUT2D eigenvalue weighted by Crippen LogP contribution is 2.24. The van der Waals surface area contributed by atoms with E-state index >= 15 is 0 Å². The maximum Gasteiger partial charge on any atom is 0.228 e. The summed E-state index contributed by atoms with van der Waals surface area (Å²) in [5.41, 5.74) is 0.995. The highest BCUT2D eigenvalue weighted by molar-refractivity contribution is 9.09. The minimum absolute atomic E-state index is 0.202. The first-order valence-corrected chi connectivity index (χ1v) is 5.18. The van der Waals surface area contributed by atoms with Gasteiger partial charge in [-0.25, -0.2) is 0 Å². The van der Waals surface area contributed by atoms with Gasteiger partial charge in [0.05, 0.1) is 0 Å². The molecule has 1 unspecified atom stereocenters. The number of benzene rings is 1. The number of para-hydroxylation sites is 1. The molecule has 1 atom stereocenters. The molecular formula is C10H10BrNO. The van der Waals surface area contributed by atoms with Crippen LogP contribution in [0.1, 0.15) is 6.42 Å². The Labute approximate surface area is 85.7 Å². The van der Waals surface area contributed by atoms with Crippen molar-refractivity contribution in [3.05, 3.63) is 30.3 Å². The molecule has 2 nitrogen and oxygen atoms in total. The monoisotopic (exact) mass is 239 g/mol. The van der Waals surface area contributed by atoms with Crippen LogP contribution in [-0.4, -0.2) is 17.3 Å². The van der Waals surface area contributed by atoms with Crippen molar-refractivity contribution >= 4 is 27.5 Å². The highest BCUT2D eigenvalue weighted by atomic mass is 79.9. The molecule has 1 heterocycles. The van der Waals surface area contributed by atoms with Crippen molar-refractivity contribution in [1.29, 1.82) is 0 Å². The van der Waals surface area contributed by atoms with Gasteiger partial charge in [-0.1, -0.05) is 34.1 Å². The van der Waals surface area contributed by atoms with Crippen LogP contribution >= 0.6 is 15.9 Å². The third-order valence-electron chi connectivity index (χ3n) is 2.15. The third kappa shape index (κ3) is 1.75. The minimum Gasteiger partial charge on any atom is -0.311 e. The van der Waals surface area contributed by atoms with Gasteiger partial charge in [-0.2, -0.15) is 0 Å². The van der Waals surface area contributed by atoms with E-state index in [0.29, 0.717) is 11.2 Å². The van der Waals surface area contributed by atoms with Crippen LogP contribution in [0.2, 0.25) is 0 Å². The Bertz CT molecular complexity index is 312. The number of hydrogen-bond donors (Lipinski definition) is 0. The number of amides is 1. The van der Waals surface area contributed by atoms with E-state index in [1.807, 2.05) is 35.2 Å². The Morgan fingerprint density at radius 2 is 2.00 bits per heavy atom. The summed E-state index contributed by atoms with van der Waals surface area (Å²) in [5, 5.41) is 0. The van der Waals surface area contributed by atoms with Gasteiger partial charge >= 0.3 is 0 Å². The molecule has 0 radical (unpaired) electrons.